The highest BCUT2D eigenvalue weighted by atomic mass is 35.5. The van der Waals surface area contributed by atoms with E-state index in [-0.39, 0.29) is 11.9 Å². The predicted octanol–water partition coefficient (Wildman–Crippen LogP) is 2.78. The highest BCUT2D eigenvalue weighted by Crippen LogP contribution is 2.44. The number of hydrogen-bond donors (Lipinski definition) is 0. The average molecular weight is 342 g/mol. The standard InChI is InChI=1S/C16H12ClN5O2/c1-8-19-15(24-20-8)13-14-11-5-6-21(11)16(23)12-9(17)3-2-4-10(12)22(14)7-18-13/h2-4,7,11H,5-6H2,1H3. The monoisotopic (exact) mass is 341 g/mol. The van der Waals surface area contributed by atoms with Crippen molar-refractivity contribution in [3.63, 3.8) is 0 Å². The van der Waals surface area contributed by atoms with Gasteiger partial charge in [0.1, 0.15) is 6.33 Å². The predicted molar refractivity (Wildman–Crippen MR) is 85.0 cm³/mol. The second-order valence-corrected chi connectivity index (χ2v) is 6.34. The molecule has 5 rings (SSSR count). The fraction of sp³-hybridized carbons (Fsp3) is 0.250. The summed E-state index contributed by atoms with van der Waals surface area (Å²) in [6.07, 6.45) is 2.55. The van der Waals surface area contributed by atoms with Gasteiger partial charge in [0.15, 0.2) is 11.5 Å². The number of amides is 1. The van der Waals surface area contributed by atoms with E-state index >= 15 is 0 Å². The van der Waals surface area contributed by atoms with Crippen LogP contribution in [-0.4, -0.2) is 37.0 Å². The molecule has 3 aromatic rings. The smallest absolute Gasteiger partial charge is 0.278 e. The Morgan fingerprint density at radius 2 is 2.25 bits per heavy atom. The molecule has 8 heteroatoms. The first-order chi connectivity index (χ1) is 11.6. The Morgan fingerprint density at radius 1 is 1.38 bits per heavy atom. The summed E-state index contributed by atoms with van der Waals surface area (Å²) in [6.45, 7) is 2.46. The van der Waals surface area contributed by atoms with Crippen molar-refractivity contribution >= 4 is 17.5 Å². The molecule has 1 saturated heterocycles. The van der Waals surface area contributed by atoms with Crippen LogP contribution in [0.3, 0.4) is 0 Å². The normalized spacial score (nSPS) is 18.5. The van der Waals surface area contributed by atoms with Crippen LogP contribution in [0, 0.1) is 6.92 Å². The van der Waals surface area contributed by atoms with Crippen LogP contribution >= 0.6 is 11.6 Å². The zero-order valence-corrected chi connectivity index (χ0v) is 13.5. The lowest BCUT2D eigenvalue weighted by Gasteiger charge is -2.39. The van der Waals surface area contributed by atoms with Crippen LogP contribution in [0.4, 0.5) is 0 Å². The molecule has 1 atom stereocenters. The van der Waals surface area contributed by atoms with Crippen LogP contribution < -0.4 is 0 Å². The van der Waals surface area contributed by atoms with Gasteiger partial charge in [-0.25, -0.2) is 4.98 Å². The minimum Gasteiger partial charge on any atom is -0.332 e. The Labute approximate surface area is 141 Å². The summed E-state index contributed by atoms with van der Waals surface area (Å²) in [4.78, 5) is 23.5. The number of carbonyl (C=O) groups is 1. The molecule has 2 aromatic heterocycles. The molecule has 1 unspecified atom stereocenters. The van der Waals surface area contributed by atoms with Crippen LogP contribution in [0.1, 0.15) is 34.3 Å². The molecule has 0 bridgehead atoms. The number of fused-ring (bicyclic) bond motifs is 5. The molecule has 7 nitrogen and oxygen atoms in total. The van der Waals surface area contributed by atoms with Crippen LogP contribution in [0.15, 0.2) is 29.0 Å². The van der Waals surface area contributed by atoms with E-state index < -0.39 is 0 Å². The van der Waals surface area contributed by atoms with Gasteiger partial charge in [0.25, 0.3) is 11.8 Å². The minimum absolute atomic E-state index is 0.0526. The van der Waals surface area contributed by atoms with Crippen molar-refractivity contribution < 1.29 is 9.32 Å². The molecule has 0 saturated carbocycles. The van der Waals surface area contributed by atoms with Gasteiger partial charge in [-0.1, -0.05) is 22.8 Å². The number of rotatable bonds is 1. The lowest BCUT2D eigenvalue weighted by Crippen LogP contribution is -2.44. The van der Waals surface area contributed by atoms with Crippen LogP contribution in [0.5, 0.6) is 0 Å². The van der Waals surface area contributed by atoms with Crippen molar-refractivity contribution in [1.82, 2.24) is 24.6 Å². The summed E-state index contributed by atoms with van der Waals surface area (Å²) >= 11 is 6.32. The molecular weight excluding hydrogens is 330 g/mol. The molecule has 0 aliphatic carbocycles. The topological polar surface area (TPSA) is 77.0 Å². The number of aryl methyl sites for hydroxylation is 1. The molecule has 0 spiro atoms. The van der Waals surface area contributed by atoms with E-state index in [0.717, 1.165) is 17.8 Å². The SMILES string of the molecule is Cc1noc(-c2ncn3c2C2CCN2C(=O)c2c(Cl)cccc2-3)n1. The lowest BCUT2D eigenvalue weighted by atomic mass is 9.97. The number of halogens is 1. The van der Waals surface area contributed by atoms with Crippen molar-refractivity contribution in [3.8, 4) is 17.3 Å². The van der Waals surface area contributed by atoms with Gasteiger partial charge in [0, 0.05) is 6.54 Å². The summed E-state index contributed by atoms with van der Waals surface area (Å²) in [5, 5.41) is 4.29. The summed E-state index contributed by atoms with van der Waals surface area (Å²) in [5.41, 5.74) is 2.74. The molecule has 2 aliphatic heterocycles. The van der Waals surface area contributed by atoms with Crippen LogP contribution in [-0.2, 0) is 0 Å². The van der Waals surface area contributed by atoms with Gasteiger partial charge in [-0.05, 0) is 25.5 Å². The van der Waals surface area contributed by atoms with E-state index in [1.165, 1.54) is 0 Å². The second kappa shape index (κ2) is 4.67. The van der Waals surface area contributed by atoms with Gasteiger partial charge >= 0.3 is 0 Å². The van der Waals surface area contributed by atoms with Crippen molar-refractivity contribution in [2.24, 2.45) is 0 Å². The zero-order chi connectivity index (χ0) is 16.4. The molecule has 0 radical (unpaired) electrons. The number of nitrogens with zero attached hydrogens (tertiary/aromatic N) is 5. The Bertz CT molecular complexity index is 992. The molecule has 2 aliphatic rings. The Hall–Kier alpha value is -2.67. The first-order valence-electron chi connectivity index (χ1n) is 7.63. The molecule has 24 heavy (non-hydrogen) atoms. The van der Waals surface area contributed by atoms with Gasteiger partial charge in [0.05, 0.1) is 28.0 Å². The fourth-order valence-corrected chi connectivity index (χ4v) is 3.66. The summed E-state index contributed by atoms with van der Waals surface area (Å²) in [6, 6.07) is 5.37. The van der Waals surface area contributed by atoms with E-state index in [2.05, 4.69) is 15.1 Å². The summed E-state index contributed by atoms with van der Waals surface area (Å²) in [7, 11) is 0. The first kappa shape index (κ1) is 13.7. The van der Waals surface area contributed by atoms with Crippen molar-refractivity contribution in [3.05, 3.63) is 46.6 Å². The molecule has 1 amide bonds. The lowest BCUT2D eigenvalue weighted by molar-refractivity contribution is 0.0461. The second-order valence-electron chi connectivity index (χ2n) is 5.93. The third-order valence-corrected chi connectivity index (χ3v) is 4.91. The Kier molecular flexibility index (Phi) is 2.67. The number of carbonyl (C=O) groups excluding carboxylic acids is 1. The van der Waals surface area contributed by atoms with Gasteiger partial charge in [0.2, 0.25) is 0 Å². The van der Waals surface area contributed by atoms with E-state index in [1.54, 1.807) is 19.3 Å². The highest BCUT2D eigenvalue weighted by Gasteiger charge is 2.43. The van der Waals surface area contributed by atoms with Crippen LogP contribution in [0.2, 0.25) is 5.02 Å². The van der Waals surface area contributed by atoms with Gasteiger partial charge < -0.3 is 9.42 Å². The van der Waals surface area contributed by atoms with Gasteiger partial charge in [-0.3, -0.25) is 9.36 Å². The maximum Gasteiger partial charge on any atom is 0.278 e. The van der Waals surface area contributed by atoms with E-state index in [0.29, 0.717) is 34.5 Å². The fourth-order valence-electron chi connectivity index (χ4n) is 3.41. The highest BCUT2D eigenvalue weighted by molar-refractivity contribution is 6.34. The summed E-state index contributed by atoms with van der Waals surface area (Å²) < 4.78 is 7.21. The molecule has 4 heterocycles. The molecular formula is C16H12ClN5O2. The Balaban J connectivity index is 1.81. The summed E-state index contributed by atoms with van der Waals surface area (Å²) in [5.74, 6) is 0.861. The van der Waals surface area contributed by atoms with Crippen molar-refractivity contribution in [2.75, 3.05) is 6.54 Å². The maximum absolute atomic E-state index is 12.9. The first-order valence-corrected chi connectivity index (χ1v) is 8.00. The van der Waals surface area contributed by atoms with Crippen LogP contribution in [0.25, 0.3) is 17.3 Å². The van der Waals surface area contributed by atoms with Crippen molar-refractivity contribution in [1.29, 1.82) is 0 Å². The van der Waals surface area contributed by atoms with E-state index in [1.807, 2.05) is 21.6 Å². The van der Waals surface area contributed by atoms with Crippen molar-refractivity contribution in [2.45, 2.75) is 19.4 Å². The molecule has 1 aromatic carbocycles. The molecule has 0 N–H and O–H groups in total. The Morgan fingerprint density at radius 3 is 2.96 bits per heavy atom. The quantitative estimate of drug-likeness (QED) is 0.680. The number of imidazole rings is 1. The maximum atomic E-state index is 12.9. The average Bonchev–Trinajstić information content (AvgIpc) is 3.10. The van der Waals surface area contributed by atoms with Gasteiger partial charge in [-0.15, -0.1) is 0 Å². The number of aromatic nitrogens is 4. The largest absolute Gasteiger partial charge is 0.332 e. The van der Waals surface area contributed by atoms with Gasteiger partial charge in [-0.2, -0.15) is 4.98 Å². The van der Waals surface area contributed by atoms with E-state index in [9.17, 15) is 4.79 Å². The number of hydrogen-bond acceptors (Lipinski definition) is 5. The number of benzene rings is 1. The third kappa shape index (κ3) is 1.67. The van der Waals surface area contributed by atoms with E-state index in [4.69, 9.17) is 16.1 Å². The third-order valence-electron chi connectivity index (χ3n) is 4.60. The zero-order valence-electron chi connectivity index (χ0n) is 12.7. The molecule has 1 fully saturated rings. The molecule has 120 valence electrons. The minimum atomic E-state index is -0.0642.